The van der Waals surface area contributed by atoms with Crippen LogP contribution in [0.5, 0.6) is 0 Å². The van der Waals surface area contributed by atoms with Gasteiger partial charge in [0.05, 0.1) is 13.2 Å². The molecule has 0 bridgehead atoms. The minimum absolute atomic E-state index is 0.731. The van der Waals surface area contributed by atoms with Gasteiger partial charge in [0, 0.05) is 65.4 Å². The van der Waals surface area contributed by atoms with E-state index in [0.29, 0.717) is 0 Å². The fourth-order valence-corrected chi connectivity index (χ4v) is 19.1. The lowest BCUT2D eigenvalue weighted by Crippen LogP contribution is -2.32. The molecule has 6 aliphatic heterocycles. The highest BCUT2D eigenvalue weighted by Crippen LogP contribution is 2.87. The lowest BCUT2D eigenvalue weighted by atomic mass is 10.5. The zero-order valence-corrected chi connectivity index (χ0v) is 17.6. The molecule has 0 aromatic heterocycles. The third kappa shape index (κ3) is 2.71. The Hall–Kier alpha value is 0.740. The van der Waals surface area contributed by atoms with E-state index in [9.17, 15) is 0 Å². The van der Waals surface area contributed by atoms with Crippen molar-refractivity contribution in [2.45, 2.75) is 0 Å². The molecule has 6 heterocycles. The molecule has 0 aliphatic carbocycles. The van der Waals surface area contributed by atoms with Gasteiger partial charge < -0.3 is 4.74 Å². The summed E-state index contributed by atoms with van der Waals surface area (Å²) in [6.07, 6.45) is 0. The van der Waals surface area contributed by atoms with Crippen LogP contribution in [-0.2, 0) is 4.74 Å². The van der Waals surface area contributed by atoms with Crippen LogP contribution in [-0.4, -0.2) is 102 Å². The van der Waals surface area contributed by atoms with Gasteiger partial charge in [-0.1, -0.05) is 0 Å². The van der Waals surface area contributed by atoms with E-state index in [1.54, 1.807) is 0 Å². The Morgan fingerprint density at radius 3 is 1.44 bits per heavy atom. The van der Waals surface area contributed by atoms with E-state index in [2.05, 4.69) is 23.4 Å². The van der Waals surface area contributed by atoms with Gasteiger partial charge in [-0.3, -0.25) is 0 Å². The summed E-state index contributed by atoms with van der Waals surface area (Å²) in [5, 5.41) is 0. The Balaban J connectivity index is 1.58. The van der Waals surface area contributed by atoms with Gasteiger partial charge in [-0.25, -0.2) is 23.4 Å². The van der Waals surface area contributed by atoms with Crippen molar-refractivity contribution in [3.05, 3.63) is 0 Å². The highest BCUT2D eigenvalue weighted by molar-refractivity contribution is 7.96. The molecule has 9 nitrogen and oxygen atoms in total. The molecule has 1 unspecified atom stereocenters. The molecule has 0 aromatic carbocycles. The van der Waals surface area contributed by atoms with Gasteiger partial charge in [0.25, 0.3) is 0 Å². The molecule has 0 aromatic rings. The first-order valence-corrected chi connectivity index (χ1v) is 14.9. The summed E-state index contributed by atoms with van der Waals surface area (Å²) in [7, 11) is -4.05. The lowest BCUT2D eigenvalue weighted by molar-refractivity contribution is 0.0749. The maximum atomic E-state index is 7.35. The molecule has 0 spiro atoms. The van der Waals surface area contributed by atoms with Crippen LogP contribution >= 0.6 is 33.0 Å². The standard InChI is InChI=1S/C12H24ClN8OP3/c13-23(17-9-11-22-12-10-17)14-24(18-1-2-18,19-3-4-19)16-25(15-23,20-5-6-20)21-7-8-21/h1-12H2. The van der Waals surface area contributed by atoms with E-state index < -0.39 is 21.7 Å². The van der Waals surface area contributed by atoms with E-state index in [0.717, 1.165) is 78.7 Å². The first kappa shape index (κ1) is 16.7. The minimum Gasteiger partial charge on any atom is -0.379 e. The van der Waals surface area contributed by atoms with Crippen LogP contribution in [0.2, 0.25) is 0 Å². The summed E-state index contributed by atoms with van der Waals surface area (Å²) < 4.78 is 34.2. The van der Waals surface area contributed by atoms with E-state index in [1.807, 2.05) is 0 Å². The number of hydrogen-bond acceptors (Lipinski definition) is 9. The summed E-state index contributed by atoms with van der Waals surface area (Å²) in [6.45, 7) is 9.58. The predicted octanol–water partition coefficient (Wildman–Crippen LogP) is 2.67. The summed E-state index contributed by atoms with van der Waals surface area (Å²) in [6, 6.07) is 0. The fourth-order valence-electron chi connectivity index (χ4n) is 3.50. The van der Waals surface area contributed by atoms with Crippen molar-refractivity contribution in [2.75, 3.05) is 78.7 Å². The Bertz CT molecular complexity index is 707. The molecule has 25 heavy (non-hydrogen) atoms. The van der Waals surface area contributed by atoms with Crippen molar-refractivity contribution in [2.24, 2.45) is 13.5 Å². The quantitative estimate of drug-likeness (QED) is 0.499. The highest BCUT2D eigenvalue weighted by Gasteiger charge is 2.56. The summed E-state index contributed by atoms with van der Waals surface area (Å²) in [5.41, 5.74) is 0. The summed E-state index contributed by atoms with van der Waals surface area (Å²) in [5.74, 6) is 0. The van der Waals surface area contributed by atoms with Crippen molar-refractivity contribution in [3.8, 4) is 0 Å². The van der Waals surface area contributed by atoms with E-state index in [1.165, 1.54) is 0 Å². The number of nitrogens with zero attached hydrogens (tertiary/aromatic N) is 8. The summed E-state index contributed by atoms with van der Waals surface area (Å²) >= 11 is 7.35. The lowest BCUT2D eigenvalue weighted by Gasteiger charge is -2.40. The van der Waals surface area contributed by atoms with Gasteiger partial charge in [-0.15, -0.1) is 0 Å². The molecule has 0 amide bonds. The van der Waals surface area contributed by atoms with Gasteiger partial charge in [0.2, 0.25) is 21.7 Å². The molecule has 0 saturated carbocycles. The van der Waals surface area contributed by atoms with Crippen LogP contribution in [0.3, 0.4) is 0 Å². The monoisotopic (exact) mass is 424 g/mol. The molecular weight excluding hydrogens is 401 g/mol. The number of halogens is 1. The van der Waals surface area contributed by atoms with Crippen LogP contribution < -0.4 is 0 Å². The van der Waals surface area contributed by atoms with Gasteiger partial charge in [-0.05, 0) is 11.2 Å². The normalized spacial score (nSPS) is 40.7. The highest BCUT2D eigenvalue weighted by atomic mass is 35.7. The molecule has 5 saturated heterocycles. The van der Waals surface area contributed by atoms with Crippen molar-refractivity contribution < 1.29 is 4.74 Å². The van der Waals surface area contributed by atoms with Crippen molar-refractivity contribution in [1.82, 2.24) is 23.4 Å². The Kier molecular flexibility index (Phi) is 3.76. The predicted molar refractivity (Wildman–Crippen MR) is 103 cm³/mol. The zero-order valence-electron chi connectivity index (χ0n) is 14.2. The van der Waals surface area contributed by atoms with Gasteiger partial charge in [0.15, 0.2) is 0 Å². The van der Waals surface area contributed by atoms with Crippen molar-refractivity contribution in [3.63, 3.8) is 0 Å². The van der Waals surface area contributed by atoms with Crippen LogP contribution in [0.15, 0.2) is 13.5 Å². The van der Waals surface area contributed by atoms with Crippen LogP contribution in [0.1, 0.15) is 0 Å². The second kappa shape index (κ2) is 5.64. The number of rotatable bonds is 5. The molecule has 6 rings (SSSR count). The molecule has 5 fully saturated rings. The van der Waals surface area contributed by atoms with Gasteiger partial charge >= 0.3 is 0 Å². The molecular formula is C12H24ClN8OP3. The third-order valence-electron chi connectivity index (χ3n) is 5.27. The van der Waals surface area contributed by atoms with E-state index >= 15 is 0 Å². The van der Waals surface area contributed by atoms with Crippen LogP contribution in [0.25, 0.3) is 0 Å². The molecule has 1 atom stereocenters. The third-order valence-corrected chi connectivity index (χ3v) is 18.5. The molecule has 6 aliphatic rings. The van der Waals surface area contributed by atoms with Crippen LogP contribution in [0, 0.1) is 0 Å². The maximum absolute atomic E-state index is 7.35. The van der Waals surface area contributed by atoms with Gasteiger partial charge in [0.1, 0.15) is 0 Å². The fraction of sp³-hybridized carbons (Fsp3) is 1.00. The Labute approximate surface area is 153 Å². The van der Waals surface area contributed by atoms with E-state index in [-0.39, 0.29) is 0 Å². The first-order valence-electron chi connectivity index (χ1n) is 9.11. The minimum atomic E-state index is -2.42. The van der Waals surface area contributed by atoms with Gasteiger partial charge in [-0.2, -0.15) is 13.5 Å². The average molecular weight is 425 g/mol. The smallest absolute Gasteiger partial charge is 0.239 e. The Morgan fingerprint density at radius 1 is 0.560 bits per heavy atom. The molecule has 0 N–H and O–H groups in total. The SMILES string of the molecule is ClP1(N2CCOCC2)=NP(N2CC2)(N2CC2)=NP(N2CC2)(N2CC2)=N1. The topological polar surface area (TPSA) is 61.6 Å². The number of morpholine rings is 1. The largest absolute Gasteiger partial charge is 0.379 e. The number of ether oxygens (including phenoxy) is 1. The molecule has 0 radical (unpaired) electrons. The second-order valence-corrected chi connectivity index (χ2v) is 16.7. The average Bonchev–Trinajstić information content (AvgIpc) is 3.53. The van der Waals surface area contributed by atoms with Crippen molar-refractivity contribution in [1.29, 1.82) is 0 Å². The first-order chi connectivity index (χ1) is 12.1. The Morgan fingerprint density at radius 2 is 1.00 bits per heavy atom. The van der Waals surface area contributed by atoms with Crippen LogP contribution in [0.4, 0.5) is 0 Å². The summed E-state index contributed by atoms with van der Waals surface area (Å²) in [4.78, 5) is 0. The molecule has 13 heteroatoms. The zero-order chi connectivity index (χ0) is 16.7. The number of hydrogen-bond donors (Lipinski definition) is 0. The molecule has 140 valence electrons. The van der Waals surface area contributed by atoms with Crippen molar-refractivity contribution >= 4 is 33.0 Å². The maximum Gasteiger partial charge on any atom is 0.239 e. The van der Waals surface area contributed by atoms with E-state index in [4.69, 9.17) is 29.5 Å². The second-order valence-electron chi connectivity index (χ2n) is 7.22.